The zero-order valence-corrected chi connectivity index (χ0v) is 26.6. The maximum atomic E-state index is 13.0. The lowest BCUT2D eigenvalue weighted by Gasteiger charge is -2.39. The zero-order valence-electron chi connectivity index (χ0n) is 26.6. The van der Waals surface area contributed by atoms with Crippen LogP contribution in [-0.4, -0.2) is 53.9 Å². The second-order valence-corrected chi connectivity index (χ2v) is 13.1. The molecule has 1 saturated carbocycles. The summed E-state index contributed by atoms with van der Waals surface area (Å²) in [6, 6.07) is 22.8. The number of hydrogen-bond donors (Lipinski definition) is 1. The van der Waals surface area contributed by atoms with Gasteiger partial charge in [-0.25, -0.2) is 9.18 Å². The van der Waals surface area contributed by atoms with E-state index in [9.17, 15) is 14.0 Å². The second kappa shape index (κ2) is 13.2. The smallest absolute Gasteiger partial charge is 0.410 e. The fourth-order valence-corrected chi connectivity index (χ4v) is 7.97. The summed E-state index contributed by atoms with van der Waals surface area (Å²) in [5, 5.41) is 3.54. The molecule has 0 atom stereocenters. The minimum absolute atomic E-state index is 0.249. The molecule has 7 rings (SSSR count). The highest BCUT2D eigenvalue weighted by Crippen LogP contribution is 2.48. The van der Waals surface area contributed by atoms with Crippen molar-refractivity contribution in [2.75, 3.05) is 31.3 Å². The van der Waals surface area contributed by atoms with Crippen LogP contribution in [0.15, 0.2) is 66.7 Å². The Hall–Kier alpha value is -4.33. The van der Waals surface area contributed by atoms with E-state index in [0.717, 1.165) is 37.0 Å². The number of amides is 2. The van der Waals surface area contributed by atoms with Crippen molar-refractivity contribution in [2.24, 2.45) is 0 Å². The normalized spacial score (nSPS) is 17.3. The van der Waals surface area contributed by atoms with Crippen molar-refractivity contribution in [3.05, 3.63) is 89.0 Å². The number of halogens is 1. The number of carbonyl (C=O) groups excluding carboxylic acids is 2. The highest BCUT2D eigenvalue weighted by Gasteiger charge is 2.34. The lowest BCUT2D eigenvalue weighted by Crippen LogP contribution is -2.47. The highest BCUT2D eigenvalue weighted by molar-refractivity contribution is 6.01. The third-order valence-corrected chi connectivity index (χ3v) is 10.3. The monoisotopic (exact) mass is 622 g/mol. The van der Waals surface area contributed by atoms with Gasteiger partial charge in [0, 0.05) is 59.9 Å². The molecule has 1 aromatic heterocycles. The van der Waals surface area contributed by atoms with E-state index in [1.54, 1.807) is 0 Å². The average Bonchev–Trinajstić information content (AvgIpc) is 3.32. The molecule has 46 heavy (non-hydrogen) atoms. The van der Waals surface area contributed by atoms with Crippen LogP contribution in [0.4, 0.5) is 14.9 Å². The molecule has 7 nitrogen and oxygen atoms in total. The molecule has 1 aliphatic carbocycles. The molecule has 0 bridgehead atoms. The first-order valence-electron chi connectivity index (χ1n) is 16.9. The van der Waals surface area contributed by atoms with Crippen LogP contribution in [-0.2, 0) is 17.9 Å². The molecular weight excluding hydrogens is 579 g/mol. The van der Waals surface area contributed by atoms with Gasteiger partial charge in [-0.3, -0.25) is 4.79 Å². The van der Waals surface area contributed by atoms with Crippen molar-refractivity contribution < 1.29 is 18.7 Å². The molecule has 3 aliphatic rings. The van der Waals surface area contributed by atoms with Crippen LogP contribution in [0.1, 0.15) is 77.9 Å². The number of nitrogens with one attached hydrogen (secondary N) is 1. The molecule has 2 fully saturated rings. The molecular formula is C38H43FN4O3. The first-order chi connectivity index (χ1) is 22.5. The number of carbonyl (C=O) groups is 2. The number of likely N-dealkylation sites (tertiary alicyclic amines) is 1. The number of ether oxygens (including phenoxy) is 1. The number of hydrogen-bond acceptors (Lipinski definition) is 4. The lowest BCUT2D eigenvalue weighted by molar-refractivity contribution is 0.0867. The number of anilines is 1. The van der Waals surface area contributed by atoms with E-state index in [0.29, 0.717) is 30.6 Å². The number of aromatic nitrogens is 1. The number of alkyl halides is 1. The van der Waals surface area contributed by atoms with Gasteiger partial charge in [-0.05, 0) is 73.4 Å². The van der Waals surface area contributed by atoms with Crippen molar-refractivity contribution in [3.63, 3.8) is 0 Å². The number of fused-ring (bicyclic) bond motifs is 5. The summed E-state index contributed by atoms with van der Waals surface area (Å²) in [6.45, 7) is 4.47. The molecule has 240 valence electrons. The molecule has 0 radical (unpaired) electrons. The summed E-state index contributed by atoms with van der Waals surface area (Å²) in [5.74, 6) is 0.0725. The van der Waals surface area contributed by atoms with Crippen molar-refractivity contribution in [2.45, 2.75) is 77.0 Å². The Morgan fingerprint density at radius 3 is 2.43 bits per heavy atom. The first-order valence-corrected chi connectivity index (χ1v) is 16.9. The Morgan fingerprint density at radius 2 is 1.67 bits per heavy atom. The summed E-state index contributed by atoms with van der Waals surface area (Å²) in [7, 11) is 0. The summed E-state index contributed by atoms with van der Waals surface area (Å²) in [4.78, 5) is 30.1. The van der Waals surface area contributed by atoms with Gasteiger partial charge in [0.2, 0.25) is 0 Å². The Balaban J connectivity index is 1.20. The van der Waals surface area contributed by atoms with E-state index in [4.69, 9.17) is 4.74 Å². The van der Waals surface area contributed by atoms with E-state index < -0.39 is 6.80 Å². The predicted molar refractivity (Wildman–Crippen MR) is 180 cm³/mol. The number of piperidine rings is 1. The first kappa shape index (κ1) is 30.3. The SMILES string of the molecule is Cc1ccc2c(c1)N(C1CCN(C(=O)OCc3ccccc3)CC1)CCn1c-2c(C2CCCCC2)c2ccc(C(=O)NCF)cc21. The van der Waals surface area contributed by atoms with Crippen LogP contribution in [0.3, 0.4) is 0 Å². The second-order valence-electron chi connectivity index (χ2n) is 13.1. The minimum atomic E-state index is -0.887. The Kier molecular flexibility index (Phi) is 8.69. The molecule has 2 amide bonds. The number of aryl methyl sites for hydroxylation is 1. The van der Waals surface area contributed by atoms with Crippen LogP contribution >= 0.6 is 0 Å². The van der Waals surface area contributed by atoms with E-state index >= 15 is 0 Å². The summed E-state index contributed by atoms with van der Waals surface area (Å²) in [6.07, 6.45) is 7.56. The van der Waals surface area contributed by atoms with Crippen molar-refractivity contribution in [1.29, 1.82) is 0 Å². The van der Waals surface area contributed by atoms with Crippen LogP contribution < -0.4 is 10.2 Å². The third kappa shape index (κ3) is 5.85. The van der Waals surface area contributed by atoms with Gasteiger partial charge in [0.05, 0.1) is 5.69 Å². The van der Waals surface area contributed by atoms with Gasteiger partial charge in [0.1, 0.15) is 6.61 Å². The maximum Gasteiger partial charge on any atom is 0.410 e. The van der Waals surface area contributed by atoms with Crippen molar-refractivity contribution in [3.8, 4) is 11.3 Å². The lowest BCUT2D eigenvalue weighted by atomic mass is 9.81. The molecule has 1 saturated heterocycles. The molecule has 8 heteroatoms. The summed E-state index contributed by atoms with van der Waals surface area (Å²) in [5.41, 5.74) is 8.89. The van der Waals surface area contributed by atoms with Gasteiger partial charge in [-0.1, -0.05) is 67.8 Å². The van der Waals surface area contributed by atoms with E-state index in [-0.39, 0.29) is 18.6 Å². The number of rotatable bonds is 6. The minimum Gasteiger partial charge on any atom is -0.445 e. The molecule has 2 aliphatic heterocycles. The van der Waals surface area contributed by atoms with Crippen LogP contribution in [0.5, 0.6) is 0 Å². The predicted octanol–water partition coefficient (Wildman–Crippen LogP) is 7.94. The fourth-order valence-electron chi connectivity index (χ4n) is 7.97. The van der Waals surface area contributed by atoms with Crippen LogP contribution in [0, 0.1) is 6.92 Å². The van der Waals surface area contributed by atoms with Gasteiger partial charge >= 0.3 is 6.09 Å². The van der Waals surface area contributed by atoms with Crippen LogP contribution in [0.25, 0.3) is 22.2 Å². The van der Waals surface area contributed by atoms with Gasteiger partial charge < -0.3 is 24.4 Å². The number of benzene rings is 3. The Labute approximate surface area is 270 Å². The zero-order chi connectivity index (χ0) is 31.6. The van der Waals surface area contributed by atoms with Crippen LogP contribution in [0.2, 0.25) is 0 Å². The maximum absolute atomic E-state index is 13.0. The van der Waals surface area contributed by atoms with Crippen molar-refractivity contribution >= 4 is 28.6 Å². The summed E-state index contributed by atoms with van der Waals surface area (Å²) >= 11 is 0. The fraction of sp³-hybridized carbons (Fsp3) is 0.421. The molecule has 0 unspecified atom stereocenters. The number of nitrogens with zero attached hydrogens (tertiary/aromatic N) is 3. The van der Waals surface area contributed by atoms with Gasteiger partial charge in [-0.15, -0.1) is 0 Å². The van der Waals surface area contributed by atoms with Crippen molar-refractivity contribution in [1.82, 2.24) is 14.8 Å². The largest absolute Gasteiger partial charge is 0.445 e. The van der Waals surface area contributed by atoms with Gasteiger partial charge in [0.25, 0.3) is 5.91 Å². The quantitative estimate of drug-likeness (QED) is 0.222. The molecule has 4 aromatic rings. The molecule has 3 heterocycles. The standard InChI is InChI=1S/C38H43FN4O3/c1-26-12-14-32-33(22-26)42(30-16-18-41(19-17-30)38(45)46-24-27-8-4-2-5-9-27)20-21-43-34-23-29(37(44)40-25-39)13-15-31(34)35(36(32)43)28-10-6-3-7-11-28/h2,4-5,8-9,12-15,22-23,28,30H,3,6-7,10-11,16-21,24-25H2,1H3,(H,40,44). The Bertz CT molecular complexity index is 1720. The highest BCUT2D eigenvalue weighted by atomic mass is 19.1. The van der Waals surface area contributed by atoms with E-state index in [2.05, 4.69) is 46.0 Å². The third-order valence-electron chi connectivity index (χ3n) is 10.3. The average molecular weight is 623 g/mol. The molecule has 1 N–H and O–H groups in total. The summed E-state index contributed by atoms with van der Waals surface area (Å²) < 4.78 is 21.1. The van der Waals surface area contributed by atoms with Gasteiger partial charge in [0.15, 0.2) is 6.80 Å². The topological polar surface area (TPSA) is 66.8 Å². The van der Waals surface area contributed by atoms with E-state index in [1.807, 2.05) is 47.4 Å². The van der Waals surface area contributed by atoms with Gasteiger partial charge in [-0.2, -0.15) is 0 Å². The van der Waals surface area contributed by atoms with E-state index in [1.165, 1.54) is 65.6 Å². The molecule has 0 spiro atoms. The molecule has 3 aromatic carbocycles. The Morgan fingerprint density at radius 1 is 0.891 bits per heavy atom.